The molecule has 0 radical (unpaired) electrons. The van der Waals surface area contributed by atoms with Crippen molar-refractivity contribution < 1.29 is 13.9 Å². The fraction of sp³-hybridized carbons (Fsp3) is 0.0833. The number of carbonyl (C=O) groups excluding carboxylic acids is 1. The zero-order valence-electron chi connectivity index (χ0n) is 9.57. The number of benzene rings is 1. The van der Waals surface area contributed by atoms with Gasteiger partial charge in [0, 0.05) is 11.8 Å². The van der Waals surface area contributed by atoms with Crippen molar-refractivity contribution in [2.75, 3.05) is 17.7 Å². The number of halogens is 1. The van der Waals surface area contributed by atoms with Crippen LogP contribution in [0.1, 0.15) is 0 Å². The molecular weight excluding hydrogens is 256 g/mol. The third-order valence-electron chi connectivity index (χ3n) is 2.17. The van der Waals surface area contributed by atoms with Gasteiger partial charge in [0.1, 0.15) is 5.75 Å². The molecule has 0 bridgehead atoms. The molecule has 1 heterocycles. The summed E-state index contributed by atoms with van der Waals surface area (Å²) in [6, 6.07) is 7.87. The van der Waals surface area contributed by atoms with Crippen LogP contribution in [0.4, 0.5) is 16.4 Å². The lowest BCUT2D eigenvalue weighted by Crippen LogP contribution is -2.18. The highest BCUT2D eigenvalue weighted by molar-refractivity contribution is 6.32. The van der Waals surface area contributed by atoms with Gasteiger partial charge in [-0.2, -0.15) is 0 Å². The van der Waals surface area contributed by atoms with Crippen LogP contribution in [0.3, 0.4) is 0 Å². The predicted molar refractivity (Wildman–Crippen MR) is 69.4 cm³/mol. The Morgan fingerprint density at radius 1 is 1.33 bits per heavy atom. The number of rotatable bonds is 3. The van der Waals surface area contributed by atoms with Crippen LogP contribution in [0.25, 0.3) is 0 Å². The van der Waals surface area contributed by atoms with Crippen molar-refractivity contribution in [2.45, 2.75) is 0 Å². The Balaban J connectivity index is 2.01. The van der Waals surface area contributed by atoms with Crippen LogP contribution in [0, 0.1) is 0 Å². The summed E-state index contributed by atoms with van der Waals surface area (Å²) in [6.07, 6.45) is 1.47. The molecule has 2 N–H and O–H groups in total. The summed E-state index contributed by atoms with van der Waals surface area (Å²) in [6.45, 7) is 0. The van der Waals surface area contributed by atoms with Crippen molar-refractivity contribution in [3.8, 4) is 5.75 Å². The quantitative estimate of drug-likeness (QED) is 0.892. The summed E-state index contributed by atoms with van der Waals surface area (Å²) in [5, 5.41) is 5.57. The summed E-state index contributed by atoms with van der Waals surface area (Å²) in [5.74, 6) is 0.917. The van der Waals surface area contributed by atoms with Crippen molar-refractivity contribution in [2.24, 2.45) is 0 Å². The van der Waals surface area contributed by atoms with Gasteiger partial charge >= 0.3 is 6.03 Å². The molecule has 0 aliphatic rings. The van der Waals surface area contributed by atoms with E-state index in [4.69, 9.17) is 20.8 Å². The Morgan fingerprint density at radius 3 is 2.78 bits per heavy atom. The largest absolute Gasteiger partial charge is 0.495 e. The minimum absolute atomic E-state index is 0.368. The van der Waals surface area contributed by atoms with Crippen molar-refractivity contribution in [1.82, 2.24) is 0 Å². The number of hydrogen-bond acceptors (Lipinski definition) is 3. The molecule has 18 heavy (non-hydrogen) atoms. The second-order valence-corrected chi connectivity index (χ2v) is 3.81. The lowest BCUT2D eigenvalue weighted by Gasteiger charge is -2.08. The van der Waals surface area contributed by atoms with Crippen LogP contribution in [0.15, 0.2) is 41.0 Å². The first kappa shape index (κ1) is 12.3. The maximum atomic E-state index is 11.6. The van der Waals surface area contributed by atoms with E-state index in [1.54, 1.807) is 30.3 Å². The SMILES string of the molecule is COc1ccc(NC(=O)Nc2ccco2)cc1Cl. The predicted octanol–water partition coefficient (Wildman–Crippen LogP) is 3.59. The van der Waals surface area contributed by atoms with Crippen molar-refractivity contribution in [1.29, 1.82) is 0 Å². The molecule has 0 aliphatic heterocycles. The normalized spacial score (nSPS) is 9.89. The molecule has 0 saturated carbocycles. The number of hydrogen-bond donors (Lipinski definition) is 2. The number of carbonyl (C=O) groups is 1. The monoisotopic (exact) mass is 266 g/mol. The summed E-state index contributed by atoms with van der Waals surface area (Å²) < 4.78 is 10.00. The summed E-state index contributed by atoms with van der Waals surface area (Å²) >= 11 is 5.94. The van der Waals surface area contributed by atoms with Gasteiger partial charge in [0.25, 0.3) is 0 Å². The average molecular weight is 267 g/mol. The third kappa shape index (κ3) is 2.95. The topological polar surface area (TPSA) is 63.5 Å². The molecule has 6 heteroatoms. The van der Waals surface area contributed by atoms with E-state index in [1.807, 2.05) is 0 Å². The third-order valence-corrected chi connectivity index (χ3v) is 2.46. The molecule has 2 amide bonds. The van der Waals surface area contributed by atoms with Gasteiger partial charge < -0.3 is 14.5 Å². The van der Waals surface area contributed by atoms with Gasteiger partial charge in [-0.15, -0.1) is 0 Å². The van der Waals surface area contributed by atoms with Crippen LogP contribution >= 0.6 is 11.6 Å². The lowest BCUT2D eigenvalue weighted by atomic mass is 10.3. The number of anilines is 2. The number of furan rings is 1. The molecule has 1 aromatic heterocycles. The number of amides is 2. The van der Waals surface area contributed by atoms with E-state index in [1.165, 1.54) is 13.4 Å². The number of urea groups is 1. The van der Waals surface area contributed by atoms with Gasteiger partial charge in [-0.1, -0.05) is 11.6 Å². The fourth-order valence-electron chi connectivity index (χ4n) is 1.37. The van der Waals surface area contributed by atoms with E-state index < -0.39 is 6.03 Å². The van der Waals surface area contributed by atoms with Crippen molar-refractivity contribution in [3.05, 3.63) is 41.6 Å². The Labute approximate surface area is 109 Å². The minimum Gasteiger partial charge on any atom is -0.495 e. The molecule has 0 aliphatic carbocycles. The van der Waals surface area contributed by atoms with Gasteiger partial charge in [-0.3, -0.25) is 5.32 Å². The fourth-order valence-corrected chi connectivity index (χ4v) is 1.63. The van der Waals surface area contributed by atoms with Gasteiger partial charge in [-0.25, -0.2) is 4.79 Å². The first-order chi connectivity index (χ1) is 8.69. The maximum Gasteiger partial charge on any atom is 0.326 e. The molecule has 0 unspecified atom stereocenters. The first-order valence-electron chi connectivity index (χ1n) is 5.14. The molecule has 5 nitrogen and oxygen atoms in total. The van der Waals surface area contributed by atoms with E-state index >= 15 is 0 Å². The molecule has 0 fully saturated rings. The smallest absolute Gasteiger partial charge is 0.326 e. The number of methoxy groups -OCH3 is 1. The Hall–Kier alpha value is -2.14. The summed E-state index contributed by atoms with van der Waals surface area (Å²) in [7, 11) is 1.53. The Kier molecular flexibility index (Phi) is 3.74. The second-order valence-electron chi connectivity index (χ2n) is 3.41. The highest BCUT2D eigenvalue weighted by atomic mass is 35.5. The van der Waals surface area contributed by atoms with Gasteiger partial charge in [0.05, 0.1) is 18.4 Å². The molecule has 0 spiro atoms. The molecule has 0 saturated heterocycles. The summed E-state index contributed by atoms with van der Waals surface area (Å²) in [4.78, 5) is 11.6. The van der Waals surface area contributed by atoms with Crippen LogP contribution < -0.4 is 15.4 Å². The minimum atomic E-state index is -0.411. The second kappa shape index (κ2) is 5.46. The van der Waals surface area contributed by atoms with Crippen LogP contribution in [-0.4, -0.2) is 13.1 Å². The molecule has 1 aromatic carbocycles. The van der Waals surface area contributed by atoms with E-state index in [-0.39, 0.29) is 0 Å². The van der Waals surface area contributed by atoms with Gasteiger partial charge in [0.15, 0.2) is 0 Å². The van der Waals surface area contributed by atoms with E-state index in [9.17, 15) is 4.79 Å². The number of ether oxygens (including phenoxy) is 1. The molecule has 94 valence electrons. The number of nitrogens with one attached hydrogen (secondary N) is 2. The molecular formula is C12H11ClN2O3. The molecule has 2 aromatic rings. The van der Waals surface area contributed by atoms with Crippen molar-refractivity contribution >= 4 is 29.2 Å². The maximum absolute atomic E-state index is 11.6. The van der Waals surface area contributed by atoms with Crippen LogP contribution in [-0.2, 0) is 0 Å². The Morgan fingerprint density at radius 2 is 2.17 bits per heavy atom. The average Bonchev–Trinajstić information content (AvgIpc) is 2.82. The molecule has 0 atom stereocenters. The van der Waals surface area contributed by atoms with Gasteiger partial charge in [-0.05, 0) is 24.3 Å². The van der Waals surface area contributed by atoms with E-state index in [0.717, 1.165) is 0 Å². The van der Waals surface area contributed by atoms with E-state index in [0.29, 0.717) is 22.3 Å². The zero-order chi connectivity index (χ0) is 13.0. The Bertz CT molecular complexity index is 540. The van der Waals surface area contributed by atoms with Gasteiger partial charge in [0.2, 0.25) is 5.88 Å². The first-order valence-corrected chi connectivity index (χ1v) is 5.52. The standard InChI is InChI=1S/C12H11ClN2O3/c1-17-10-5-4-8(7-9(10)13)14-12(16)15-11-3-2-6-18-11/h2-7H,1H3,(H2,14,15,16). The lowest BCUT2D eigenvalue weighted by molar-refractivity contribution is 0.261. The van der Waals surface area contributed by atoms with Crippen LogP contribution in [0.5, 0.6) is 5.75 Å². The summed E-state index contributed by atoms with van der Waals surface area (Å²) in [5.41, 5.74) is 0.560. The zero-order valence-corrected chi connectivity index (χ0v) is 10.3. The highest BCUT2D eigenvalue weighted by Gasteiger charge is 2.06. The van der Waals surface area contributed by atoms with Crippen molar-refractivity contribution in [3.63, 3.8) is 0 Å². The molecule has 2 rings (SSSR count). The van der Waals surface area contributed by atoms with Crippen LogP contribution in [0.2, 0.25) is 5.02 Å². The highest BCUT2D eigenvalue weighted by Crippen LogP contribution is 2.27. The van der Waals surface area contributed by atoms with E-state index in [2.05, 4.69) is 10.6 Å².